The van der Waals surface area contributed by atoms with E-state index in [2.05, 4.69) is 0 Å². The Morgan fingerprint density at radius 2 is 2.12 bits per heavy atom. The molecule has 16 heavy (non-hydrogen) atoms. The van der Waals surface area contributed by atoms with Crippen LogP contribution in [0.25, 0.3) is 0 Å². The van der Waals surface area contributed by atoms with Gasteiger partial charge in [0, 0.05) is 6.54 Å². The fourth-order valence-electron chi connectivity index (χ4n) is 1.29. The summed E-state index contributed by atoms with van der Waals surface area (Å²) < 4.78 is 5.44. The lowest BCUT2D eigenvalue weighted by molar-refractivity contribution is 0.0779. The van der Waals surface area contributed by atoms with Gasteiger partial charge in [-0.15, -0.1) is 0 Å². The first-order valence-corrected chi connectivity index (χ1v) is 5.75. The Morgan fingerprint density at radius 3 is 2.75 bits per heavy atom. The van der Waals surface area contributed by atoms with Gasteiger partial charge in [0.1, 0.15) is 18.5 Å². The molecule has 0 saturated heterocycles. The zero-order valence-electron chi connectivity index (χ0n) is 9.69. The van der Waals surface area contributed by atoms with Crippen LogP contribution >= 0.6 is 11.6 Å². The highest BCUT2D eigenvalue weighted by molar-refractivity contribution is 6.32. The van der Waals surface area contributed by atoms with Crippen LogP contribution in [0.5, 0.6) is 5.75 Å². The SMILES string of the molecule is CCN(C)CC(O)COc1ccccc1Cl. The van der Waals surface area contributed by atoms with Gasteiger partial charge in [-0.3, -0.25) is 0 Å². The molecular weight excluding hydrogens is 226 g/mol. The summed E-state index contributed by atoms with van der Waals surface area (Å²) >= 11 is 5.92. The average Bonchev–Trinajstić information content (AvgIpc) is 2.28. The summed E-state index contributed by atoms with van der Waals surface area (Å²) in [6.07, 6.45) is -0.499. The van der Waals surface area contributed by atoms with Gasteiger partial charge in [-0.2, -0.15) is 0 Å². The summed E-state index contributed by atoms with van der Waals surface area (Å²) in [6, 6.07) is 7.25. The highest BCUT2D eigenvalue weighted by Crippen LogP contribution is 2.23. The normalized spacial score (nSPS) is 12.8. The molecule has 1 unspecified atom stereocenters. The average molecular weight is 244 g/mol. The standard InChI is InChI=1S/C12H18ClNO2/c1-3-14(2)8-10(15)9-16-12-7-5-4-6-11(12)13/h4-7,10,15H,3,8-9H2,1-2H3. The van der Waals surface area contributed by atoms with Gasteiger partial charge in [0.05, 0.1) is 5.02 Å². The quantitative estimate of drug-likeness (QED) is 0.830. The van der Waals surface area contributed by atoms with Crippen molar-refractivity contribution in [3.05, 3.63) is 29.3 Å². The number of likely N-dealkylation sites (N-methyl/N-ethyl adjacent to an activating group) is 1. The topological polar surface area (TPSA) is 32.7 Å². The van der Waals surface area contributed by atoms with Gasteiger partial charge in [0.25, 0.3) is 0 Å². The number of hydrogen-bond donors (Lipinski definition) is 1. The molecule has 4 heteroatoms. The number of para-hydroxylation sites is 1. The molecule has 0 saturated carbocycles. The number of benzene rings is 1. The van der Waals surface area contributed by atoms with Gasteiger partial charge in [-0.25, -0.2) is 0 Å². The largest absolute Gasteiger partial charge is 0.489 e. The zero-order valence-corrected chi connectivity index (χ0v) is 10.4. The van der Waals surface area contributed by atoms with E-state index in [9.17, 15) is 5.11 Å². The Morgan fingerprint density at radius 1 is 1.44 bits per heavy atom. The Hall–Kier alpha value is -0.770. The third-order valence-corrected chi connectivity index (χ3v) is 2.64. The van der Waals surface area contributed by atoms with Crippen molar-refractivity contribution in [2.75, 3.05) is 26.7 Å². The van der Waals surface area contributed by atoms with Crippen molar-refractivity contribution >= 4 is 11.6 Å². The molecule has 0 bridgehead atoms. The summed E-state index contributed by atoms with van der Waals surface area (Å²) in [5.74, 6) is 0.613. The molecule has 0 heterocycles. The number of hydrogen-bond acceptors (Lipinski definition) is 3. The van der Waals surface area contributed by atoms with Gasteiger partial charge in [0.15, 0.2) is 0 Å². The maximum atomic E-state index is 9.69. The van der Waals surface area contributed by atoms with Crippen LogP contribution in [-0.2, 0) is 0 Å². The Labute approximate surface area is 102 Å². The third-order valence-electron chi connectivity index (χ3n) is 2.33. The van der Waals surface area contributed by atoms with Crippen LogP contribution in [0.3, 0.4) is 0 Å². The van der Waals surface area contributed by atoms with Crippen molar-refractivity contribution in [3.63, 3.8) is 0 Å². The van der Waals surface area contributed by atoms with E-state index in [4.69, 9.17) is 16.3 Å². The van der Waals surface area contributed by atoms with Gasteiger partial charge in [-0.1, -0.05) is 30.7 Å². The molecule has 1 N–H and O–H groups in total. The molecule has 0 aliphatic carbocycles. The second-order valence-electron chi connectivity index (χ2n) is 3.75. The molecule has 90 valence electrons. The molecule has 0 aliphatic heterocycles. The van der Waals surface area contributed by atoms with Gasteiger partial charge < -0.3 is 14.7 Å². The summed E-state index contributed by atoms with van der Waals surface area (Å²) in [5, 5.41) is 10.3. The number of nitrogens with zero attached hydrogens (tertiary/aromatic N) is 1. The van der Waals surface area contributed by atoms with E-state index in [0.717, 1.165) is 6.54 Å². The van der Waals surface area contributed by atoms with Crippen LogP contribution in [0.15, 0.2) is 24.3 Å². The van der Waals surface area contributed by atoms with Gasteiger partial charge in [0.2, 0.25) is 0 Å². The predicted molar refractivity (Wildman–Crippen MR) is 66.1 cm³/mol. The van der Waals surface area contributed by atoms with E-state index in [1.165, 1.54) is 0 Å². The molecule has 0 aliphatic rings. The minimum atomic E-state index is -0.499. The molecular formula is C12H18ClNO2. The van der Waals surface area contributed by atoms with Crippen LogP contribution in [0.1, 0.15) is 6.92 Å². The molecule has 0 spiro atoms. The van der Waals surface area contributed by atoms with Crippen molar-refractivity contribution in [1.82, 2.24) is 4.90 Å². The molecule has 3 nitrogen and oxygen atoms in total. The summed E-state index contributed by atoms with van der Waals surface area (Å²) in [5.41, 5.74) is 0. The van der Waals surface area contributed by atoms with E-state index >= 15 is 0 Å². The van der Waals surface area contributed by atoms with Crippen molar-refractivity contribution < 1.29 is 9.84 Å². The molecule has 1 aromatic carbocycles. The van der Waals surface area contributed by atoms with Crippen molar-refractivity contribution in [1.29, 1.82) is 0 Å². The van der Waals surface area contributed by atoms with Crippen LogP contribution in [0.2, 0.25) is 5.02 Å². The van der Waals surface area contributed by atoms with Gasteiger partial charge >= 0.3 is 0 Å². The fraction of sp³-hybridized carbons (Fsp3) is 0.500. The zero-order chi connectivity index (χ0) is 12.0. The lowest BCUT2D eigenvalue weighted by atomic mass is 10.3. The molecule has 0 radical (unpaired) electrons. The highest BCUT2D eigenvalue weighted by atomic mass is 35.5. The number of halogens is 1. The minimum Gasteiger partial charge on any atom is -0.489 e. The fourth-order valence-corrected chi connectivity index (χ4v) is 1.48. The summed E-state index contributed by atoms with van der Waals surface area (Å²) in [4.78, 5) is 2.03. The van der Waals surface area contributed by atoms with Gasteiger partial charge in [-0.05, 0) is 25.7 Å². The van der Waals surface area contributed by atoms with Crippen LogP contribution in [0, 0.1) is 0 Å². The number of ether oxygens (including phenoxy) is 1. The minimum absolute atomic E-state index is 0.258. The first kappa shape index (κ1) is 13.3. The lowest BCUT2D eigenvalue weighted by Gasteiger charge is -2.19. The van der Waals surface area contributed by atoms with E-state index in [1.54, 1.807) is 12.1 Å². The number of aliphatic hydroxyl groups excluding tert-OH is 1. The second-order valence-corrected chi connectivity index (χ2v) is 4.16. The van der Waals surface area contributed by atoms with Crippen LogP contribution in [-0.4, -0.2) is 42.9 Å². The van der Waals surface area contributed by atoms with E-state index < -0.39 is 6.10 Å². The van der Waals surface area contributed by atoms with Crippen molar-refractivity contribution in [2.24, 2.45) is 0 Å². The number of rotatable bonds is 6. The first-order chi connectivity index (χ1) is 7.63. The number of aliphatic hydroxyl groups is 1. The molecule has 1 aromatic rings. The second kappa shape index (κ2) is 6.74. The molecule has 1 atom stereocenters. The summed E-state index contributed by atoms with van der Waals surface area (Å²) in [7, 11) is 1.96. The maximum Gasteiger partial charge on any atom is 0.138 e. The third kappa shape index (κ3) is 4.39. The van der Waals surface area contributed by atoms with Crippen LogP contribution < -0.4 is 4.74 Å². The molecule has 0 aromatic heterocycles. The van der Waals surface area contributed by atoms with Crippen molar-refractivity contribution in [3.8, 4) is 5.75 Å². The highest BCUT2D eigenvalue weighted by Gasteiger charge is 2.08. The molecule has 0 fully saturated rings. The lowest BCUT2D eigenvalue weighted by Crippen LogP contribution is -2.32. The molecule has 0 amide bonds. The Kier molecular flexibility index (Phi) is 5.60. The first-order valence-electron chi connectivity index (χ1n) is 5.37. The Balaban J connectivity index is 2.37. The van der Waals surface area contributed by atoms with E-state index in [-0.39, 0.29) is 6.61 Å². The van der Waals surface area contributed by atoms with E-state index in [0.29, 0.717) is 17.3 Å². The predicted octanol–water partition coefficient (Wildman–Crippen LogP) is 2.03. The maximum absolute atomic E-state index is 9.69. The van der Waals surface area contributed by atoms with Crippen molar-refractivity contribution in [2.45, 2.75) is 13.0 Å². The monoisotopic (exact) mass is 243 g/mol. The van der Waals surface area contributed by atoms with Crippen LogP contribution in [0.4, 0.5) is 0 Å². The summed E-state index contributed by atoms with van der Waals surface area (Å²) in [6.45, 7) is 3.81. The smallest absolute Gasteiger partial charge is 0.138 e. The molecule has 1 rings (SSSR count). The Bertz CT molecular complexity index is 320. The van der Waals surface area contributed by atoms with E-state index in [1.807, 2.05) is 31.0 Å².